The van der Waals surface area contributed by atoms with Gasteiger partial charge in [-0.1, -0.05) is 23.7 Å². The number of amides is 2. The molecule has 1 aromatic carbocycles. The second-order valence-electron chi connectivity index (χ2n) is 4.36. The zero-order chi connectivity index (χ0) is 15.2. The molecule has 0 spiro atoms. The summed E-state index contributed by atoms with van der Waals surface area (Å²) in [6.07, 6.45) is 1.78. The molecule has 108 valence electrons. The molecule has 0 aliphatic rings. The molecule has 6 heteroatoms. The van der Waals surface area contributed by atoms with Crippen LogP contribution in [0, 0.1) is 0 Å². The Morgan fingerprint density at radius 2 is 1.90 bits per heavy atom. The van der Waals surface area contributed by atoms with Crippen molar-refractivity contribution in [3.05, 3.63) is 58.9 Å². The number of rotatable bonds is 4. The normalized spacial score (nSPS) is 10.0. The lowest BCUT2D eigenvalue weighted by molar-refractivity contribution is -0.119. The first-order valence-corrected chi connectivity index (χ1v) is 6.68. The van der Waals surface area contributed by atoms with E-state index >= 15 is 0 Å². The Bertz CT molecular complexity index is 656. The predicted octanol–water partition coefficient (Wildman–Crippen LogP) is 2.28. The van der Waals surface area contributed by atoms with Crippen LogP contribution in [0.5, 0.6) is 0 Å². The summed E-state index contributed by atoms with van der Waals surface area (Å²) in [7, 11) is 1.59. The van der Waals surface area contributed by atoms with E-state index in [9.17, 15) is 9.59 Å². The van der Waals surface area contributed by atoms with Crippen LogP contribution in [-0.4, -0.2) is 23.8 Å². The number of hydrogen-bond donors (Lipinski definition) is 2. The molecule has 0 atom stereocenters. The van der Waals surface area contributed by atoms with Gasteiger partial charge in [-0.05, 0) is 29.8 Å². The van der Waals surface area contributed by atoms with Gasteiger partial charge < -0.3 is 10.6 Å². The fraction of sp³-hybridized carbons (Fsp3) is 0.133. The average Bonchev–Trinajstić information content (AvgIpc) is 2.49. The van der Waals surface area contributed by atoms with Gasteiger partial charge in [0.1, 0.15) is 5.69 Å². The van der Waals surface area contributed by atoms with Crippen molar-refractivity contribution in [1.29, 1.82) is 0 Å². The van der Waals surface area contributed by atoms with Gasteiger partial charge in [0.2, 0.25) is 5.91 Å². The molecule has 2 aromatic rings. The lowest BCUT2D eigenvalue weighted by Gasteiger charge is -2.06. The van der Waals surface area contributed by atoms with E-state index < -0.39 is 0 Å². The SMILES string of the molecule is CNC(=O)Cc1ccc(NC(=O)c2cc(Cl)ccn2)cc1. The van der Waals surface area contributed by atoms with Crippen molar-refractivity contribution >= 4 is 29.1 Å². The smallest absolute Gasteiger partial charge is 0.274 e. The maximum atomic E-state index is 12.0. The molecule has 0 saturated heterocycles. The van der Waals surface area contributed by atoms with E-state index in [4.69, 9.17) is 11.6 Å². The summed E-state index contributed by atoms with van der Waals surface area (Å²) in [6, 6.07) is 10.1. The summed E-state index contributed by atoms with van der Waals surface area (Å²) in [4.78, 5) is 27.2. The molecule has 0 bridgehead atoms. The van der Waals surface area contributed by atoms with Gasteiger partial charge in [0.15, 0.2) is 0 Å². The summed E-state index contributed by atoms with van der Waals surface area (Å²) in [5.41, 5.74) is 1.74. The maximum Gasteiger partial charge on any atom is 0.274 e. The van der Waals surface area contributed by atoms with Crippen molar-refractivity contribution < 1.29 is 9.59 Å². The zero-order valence-electron chi connectivity index (χ0n) is 11.4. The maximum absolute atomic E-state index is 12.0. The summed E-state index contributed by atoms with van der Waals surface area (Å²) in [6.45, 7) is 0. The van der Waals surface area contributed by atoms with Crippen molar-refractivity contribution in [2.75, 3.05) is 12.4 Å². The third-order valence-corrected chi connectivity index (χ3v) is 3.05. The Hall–Kier alpha value is -2.40. The fourth-order valence-electron chi connectivity index (χ4n) is 1.70. The first-order chi connectivity index (χ1) is 10.1. The van der Waals surface area contributed by atoms with Crippen molar-refractivity contribution in [1.82, 2.24) is 10.3 Å². The summed E-state index contributed by atoms with van der Waals surface area (Å²) < 4.78 is 0. The van der Waals surface area contributed by atoms with E-state index in [1.165, 1.54) is 12.3 Å². The van der Waals surface area contributed by atoms with Crippen LogP contribution < -0.4 is 10.6 Å². The molecule has 0 saturated carbocycles. The molecule has 2 N–H and O–H groups in total. The standard InChI is InChI=1S/C15H14ClN3O2/c1-17-14(20)8-10-2-4-12(5-3-10)19-15(21)13-9-11(16)6-7-18-13/h2-7,9H,8H2,1H3,(H,17,20)(H,19,21). The molecular weight excluding hydrogens is 290 g/mol. The summed E-state index contributed by atoms with van der Waals surface area (Å²) in [5, 5.41) is 5.73. The van der Waals surface area contributed by atoms with Crippen LogP contribution in [0.3, 0.4) is 0 Å². The lowest BCUT2D eigenvalue weighted by Crippen LogP contribution is -2.19. The number of hydrogen-bond acceptors (Lipinski definition) is 3. The van der Waals surface area contributed by atoms with Crippen molar-refractivity contribution in [2.24, 2.45) is 0 Å². The van der Waals surface area contributed by atoms with Crippen LogP contribution >= 0.6 is 11.6 Å². The number of benzene rings is 1. The van der Waals surface area contributed by atoms with E-state index in [1.807, 2.05) is 0 Å². The number of carbonyl (C=O) groups is 2. The molecule has 5 nitrogen and oxygen atoms in total. The Labute approximate surface area is 127 Å². The third kappa shape index (κ3) is 4.29. The Kier molecular flexibility index (Phi) is 4.90. The molecule has 1 heterocycles. The van der Waals surface area contributed by atoms with E-state index in [2.05, 4.69) is 15.6 Å². The number of nitrogens with zero attached hydrogens (tertiary/aromatic N) is 1. The molecule has 0 aliphatic heterocycles. The largest absolute Gasteiger partial charge is 0.359 e. The predicted molar refractivity (Wildman–Crippen MR) is 81.4 cm³/mol. The zero-order valence-corrected chi connectivity index (χ0v) is 12.1. The van der Waals surface area contributed by atoms with Gasteiger partial charge in [-0.15, -0.1) is 0 Å². The van der Waals surface area contributed by atoms with Gasteiger partial charge in [0.05, 0.1) is 6.42 Å². The quantitative estimate of drug-likeness (QED) is 0.910. The van der Waals surface area contributed by atoms with Crippen LogP contribution in [0.2, 0.25) is 5.02 Å². The fourth-order valence-corrected chi connectivity index (χ4v) is 1.86. The molecule has 2 rings (SSSR count). The molecule has 0 unspecified atom stereocenters. The van der Waals surface area contributed by atoms with Gasteiger partial charge >= 0.3 is 0 Å². The van der Waals surface area contributed by atoms with Gasteiger partial charge in [0.25, 0.3) is 5.91 Å². The Morgan fingerprint density at radius 1 is 1.19 bits per heavy atom. The third-order valence-electron chi connectivity index (χ3n) is 2.81. The molecule has 21 heavy (non-hydrogen) atoms. The minimum Gasteiger partial charge on any atom is -0.359 e. The van der Waals surface area contributed by atoms with Crippen molar-refractivity contribution in [2.45, 2.75) is 6.42 Å². The number of aromatic nitrogens is 1. The number of nitrogens with one attached hydrogen (secondary N) is 2. The minimum absolute atomic E-state index is 0.0603. The molecule has 1 aromatic heterocycles. The van der Waals surface area contributed by atoms with Crippen LogP contribution in [0.1, 0.15) is 16.1 Å². The van der Waals surface area contributed by atoms with E-state index in [0.29, 0.717) is 17.1 Å². The van der Waals surface area contributed by atoms with Crippen molar-refractivity contribution in [3.8, 4) is 0 Å². The second kappa shape index (κ2) is 6.85. The highest BCUT2D eigenvalue weighted by molar-refractivity contribution is 6.30. The Balaban J connectivity index is 2.03. The highest BCUT2D eigenvalue weighted by Crippen LogP contribution is 2.13. The Morgan fingerprint density at radius 3 is 2.52 bits per heavy atom. The number of anilines is 1. The monoisotopic (exact) mass is 303 g/mol. The molecule has 2 amide bonds. The lowest BCUT2D eigenvalue weighted by atomic mass is 10.1. The van der Waals surface area contributed by atoms with Gasteiger partial charge in [-0.3, -0.25) is 14.6 Å². The summed E-state index contributed by atoms with van der Waals surface area (Å²) >= 11 is 5.82. The molecule has 0 aliphatic carbocycles. The topological polar surface area (TPSA) is 71.1 Å². The van der Waals surface area contributed by atoms with E-state index in [1.54, 1.807) is 37.4 Å². The van der Waals surface area contributed by atoms with Gasteiger partial charge in [-0.25, -0.2) is 0 Å². The number of pyridine rings is 1. The van der Waals surface area contributed by atoms with Crippen molar-refractivity contribution in [3.63, 3.8) is 0 Å². The first-order valence-electron chi connectivity index (χ1n) is 6.31. The first kappa shape index (κ1) is 15.0. The average molecular weight is 304 g/mol. The number of likely N-dealkylation sites (N-methyl/N-ethyl adjacent to an activating group) is 1. The van der Waals surface area contributed by atoms with Crippen LogP contribution in [0.4, 0.5) is 5.69 Å². The minimum atomic E-state index is -0.337. The number of carbonyl (C=O) groups excluding carboxylic acids is 2. The second-order valence-corrected chi connectivity index (χ2v) is 4.80. The van der Waals surface area contributed by atoms with E-state index in [0.717, 1.165) is 5.56 Å². The van der Waals surface area contributed by atoms with Gasteiger partial charge in [-0.2, -0.15) is 0 Å². The molecule has 0 radical (unpaired) electrons. The molecular formula is C15H14ClN3O2. The highest BCUT2D eigenvalue weighted by Gasteiger charge is 2.08. The van der Waals surface area contributed by atoms with Crippen LogP contribution in [0.15, 0.2) is 42.6 Å². The molecule has 0 fully saturated rings. The summed E-state index contributed by atoms with van der Waals surface area (Å²) in [5.74, 6) is -0.397. The highest BCUT2D eigenvalue weighted by atomic mass is 35.5. The van der Waals surface area contributed by atoms with Gasteiger partial charge in [0, 0.05) is 24.0 Å². The van der Waals surface area contributed by atoms with Crippen LogP contribution in [-0.2, 0) is 11.2 Å². The number of halogens is 1. The van der Waals surface area contributed by atoms with Crippen LogP contribution in [0.25, 0.3) is 0 Å². The van der Waals surface area contributed by atoms with E-state index in [-0.39, 0.29) is 17.5 Å².